The van der Waals surface area contributed by atoms with Gasteiger partial charge >= 0.3 is 0 Å². The van der Waals surface area contributed by atoms with Gasteiger partial charge in [0.1, 0.15) is 0 Å². The summed E-state index contributed by atoms with van der Waals surface area (Å²) in [6.45, 7) is 7.79. The van der Waals surface area contributed by atoms with E-state index in [-0.39, 0.29) is 12.1 Å². The highest BCUT2D eigenvalue weighted by Crippen LogP contribution is 2.15. The molecule has 1 aliphatic rings. The van der Waals surface area contributed by atoms with Crippen molar-refractivity contribution in [3.8, 4) is 0 Å². The van der Waals surface area contributed by atoms with Crippen LogP contribution < -0.4 is 5.73 Å². The van der Waals surface area contributed by atoms with Crippen molar-refractivity contribution in [1.29, 1.82) is 0 Å². The van der Waals surface area contributed by atoms with E-state index in [0.29, 0.717) is 0 Å². The summed E-state index contributed by atoms with van der Waals surface area (Å²) in [6.07, 6.45) is 2.42. The van der Waals surface area contributed by atoms with Gasteiger partial charge in [-0.05, 0) is 19.8 Å². The van der Waals surface area contributed by atoms with E-state index >= 15 is 0 Å². The first-order chi connectivity index (χ1) is 8.69. The molecule has 0 amide bonds. The molecule has 18 heavy (non-hydrogen) atoms. The van der Waals surface area contributed by atoms with Gasteiger partial charge < -0.3 is 10.5 Å². The lowest BCUT2D eigenvalue weighted by atomic mass is 10.1. The predicted molar refractivity (Wildman–Crippen MR) is 74.8 cm³/mol. The monoisotopic (exact) mass is 269 g/mol. The highest BCUT2D eigenvalue weighted by atomic mass is 32.1. The van der Waals surface area contributed by atoms with Gasteiger partial charge in [-0.25, -0.2) is 4.98 Å². The number of nitrogens with two attached hydrogens (primary N) is 1. The van der Waals surface area contributed by atoms with E-state index in [1.54, 1.807) is 11.3 Å². The van der Waals surface area contributed by atoms with Crippen molar-refractivity contribution in [2.45, 2.75) is 45.4 Å². The van der Waals surface area contributed by atoms with Crippen molar-refractivity contribution in [3.05, 3.63) is 16.1 Å². The molecule has 1 saturated heterocycles. The lowest BCUT2D eigenvalue weighted by Crippen LogP contribution is -2.49. The summed E-state index contributed by atoms with van der Waals surface area (Å²) < 4.78 is 5.67. The molecule has 1 aromatic heterocycles. The number of nitrogens with zero attached hydrogens (tertiary/aromatic N) is 2. The highest BCUT2D eigenvalue weighted by Gasteiger charge is 2.23. The second-order valence-electron chi connectivity index (χ2n) is 4.99. The minimum atomic E-state index is 0.0962. The van der Waals surface area contributed by atoms with Crippen molar-refractivity contribution in [1.82, 2.24) is 9.88 Å². The van der Waals surface area contributed by atoms with Gasteiger partial charge in [0.15, 0.2) is 0 Å². The SMILES string of the molecule is CCCc1nc(CN2CCOC(C(C)N)C2)cs1. The van der Waals surface area contributed by atoms with Gasteiger partial charge in [-0.3, -0.25) is 4.90 Å². The Balaban J connectivity index is 1.87. The van der Waals surface area contributed by atoms with Crippen molar-refractivity contribution in [2.24, 2.45) is 5.73 Å². The topological polar surface area (TPSA) is 51.4 Å². The third kappa shape index (κ3) is 3.75. The maximum Gasteiger partial charge on any atom is 0.0928 e. The average Bonchev–Trinajstić information content (AvgIpc) is 2.77. The lowest BCUT2D eigenvalue weighted by molar-refractivity contribution is -0.0406. The molecule has 0 aliphatic carbocycles. The fourth-order valence-corrected chi connectivity index (χ4v) is 3.06. The van der Waals surface area contributed by atoms with Crippen molar-refractivity contribution >= 4 is 11.3 Å². The van der Waals surface area contributed by atoms with Gasteiger partial charge in [0, 0.05) is 31.1 Å². The second-order valence-corrected chi connectivity index (χ2v) is 5.93. The van der Waals surface area contributed by atoms with Crippen LogP contribution in [0.15, 0.2) is 5.38 Å². The summed E-state index contributed by atoms with van der Waals surface area (Å²) in [4.78, 5) is 7.06. The number of hydrogen-bond donors (Lipinski definition) is 1. The first-order valence-electron chi connectivity index (χ1n) is 6.72. The zero-order valence-electron chi connectivity index (χ0n) is 11.3. The molecule has 0 spiro atoms. The summed E-state index contributed by atoms with van der Waals surface area (Å²) in [6, 6.07) is 0.0962. The van der Waals surface area contributed by atoms with Crippen LogP contribution in [0.3, 0.4) is 0 Å². The molecule has 2 atom stereocenters. The Morgan fingerprint density at radius 3 is 3.22 bits per heavy atom. The second kappa shape index (κ2) is 6.61. The van der Waals surface area contributed by atoms with Gasteiger partial charge in [0.25, 0.3) is 0 Å². The first kappa shape index (κ1) is 13.9. The Bertz CT molecular complexity index is 367. The van der Waals surface area contributed by atoms with Gasteiger partial charge in [0.05, 0.1) is 23.4 Å². The van der Waals surface area contributed by atoms with E-state index in [9.17, 15) is 0 Å². The third-order valence-corrected chi connectivity index (χ3v) is 4.17. The Kier molecular flexibility index (Phi) is 5.12. The number of rotatable bonds is 5. The molecule has 2 unspecified atom stereocenters. The van der Waals surface area contributed by atoms with Crippen LogP contribution in [-0.4, -0.2) is 41.7 Å². The molecule has 1 aromatic rings. The van der Waals surface area contributed by atoms with Crippen LogP contribution in [0.5, 0.6) is 0 Å². The van der Waals surface area contributed by atoms with E-state index < -0.39 is 0 Å². The fourth-order valence-electron chi connectivity index (χ4n) is 2.17. The predicted octanol–water partition coefficient (Wildman–Crippen LogP) is 1.64. The van der Waals surface area contributed by atoms with Crippen LogP contribution in [-0.2, 0) is 17.7 Å². The maximum atomic E-state index is 5.90. The number of morpholine rings is 1. The molecular formula is C13H23N3OS. The molecule has 0 aromatic carbocycles. The minimum absolute atomic E-state index is 0.0962. The van der Waals surface area contributed by atoms with E-state index in [1.807, 2.05) is 6.92 Å². The van der Waals surface area contributed by atoms with Gasteiger partial charge in [0.2, 0.25) is 0 Å². The number of aryl methyl sites for hydroxylation is 1. The number of ether oxygens (including phenoxy) is 1. The molecule has 0 bridgehead atoms. The van der Waals surface area contributed by atoms with E-state index in [1.165, 1.54) is 10.7 Å². The third-order valence-electron chi connectivity index (χ3n) is 3.21. The van der Waals surface area contributed by atoms with E-state index in [0.717, 1.165) is 39.1 Å². The molecule has 1 aliphatic heterocycles. The van der Waals surface area contributed by atoms with Gasteiger partial charge in [-0.2, -0.15) is 0 Å². The quantitative estimate of drug-likeness (QED) is 0.883. The molecule has 4 nitrogen and oxygen atoms in total. The molecule has 0 radical (unpaired) electrons. The molecule has 0 saturated carbocycles. The molecule has 1 fully saturated rings. The fraction of sp³-hybridized carbons (Fsp3) is 0.769. The molecule has 2 N–H and O–H groups in total. The van der Waals surface area contributed by atoms with Crippen LogP contribution in [0.4, 0.5) is 0 Å². The molecule has 2 rings (SSSR count). The van der Waals surface area contributed by atoms with Crippen molar-refractivity contribution in [2.75, 3.05) is 19.7 Å². The van der Waals surface area contributed by atoms with Gasteiger partial charge in [-0.15, -0.1) is 11.3 Å². The van der Waals surface area contributed by atoms with Gasteiger partial charge in [-0.1, -0.05) is 6.92 Å². The summed E-state index contributed by atoms with van der Waals surface area (Å²) in [5, 5.41) is 3.44. The van der Waals surface area contributed by atoms with E-state index in [2.05, 4.69) is 22.2 Å². The van der Waals surface area contributed by atoms with Crippen molar-refractivity contribution in [3.63, 3.8) is 0 Å². The Morgan fingerprint density at radius 1 is 1.67 bits per heavy atom. The summed E-state index contributed by atoms with van der Waals surface area (Å²) in [5.41, 5.74) is 7.09. The van der Waals surface area contributed by atoms with E-state index in [4.69, 9.17) is 10.5 Å². The molecule has 2 heterocycles. The van der Waals surface area contributed by atoms with Crippen LogP contribution >= 0.6 is 11.3 Å². The largest absolute Gasteiger partial charge is 0.374 e. The molecule has 5 heteroatoms. The Hall–Kier alpha value is -0.490. The Morgan fingerprint density at radius 2 is 2.50 bits per heavy atom. The number of thiazole rings is 1. The average molecular weight is 269 g/mol. The Labute approximate surface area is 113 Å². The highest BCUT2D eigenvalue weighted by molar-refractivity contribution is 7.09. The minimum Gasteiger partial charge on any atom is -0.374 e. The van der Waals surface area contributed by atoms with Crippen LogP contribution in [0.25, 0.3) is 0 Å². The zero-order chi connectivity index (χ0) is 13.0. The number of hydrogen-bond acceptors (Lipinski definition) is 5. The summed E-state index contributed by atoms with van der Waals surface area (Å²) in [5.74, 6) is 0. The maximum absolute atomic E-state index is 5.90. The smallest absolute Gasteiger partial charge is 0.0928 e. The summed E-state index contributed by atoms with van der Waals surface area (Å²) in [7, 11) is 0. The first-order valence-corrected chi connectivity index (χ1v) is 7.59. The number of aromatic nitrogens is 1. The molecular weight excluding hydrogens is 246 g/mol. The summed E-state index contributed by atoms with van der Waals surface area (Å²) >= 11 is 1.78. The zero-order valence-corrected chi connectivity index (χ0v) is 12.1. The normalized spacial score (nSPS) is 23.2. The molecule has 102 valence electrons. The van der Waals surface area contributed by atoms with Crippen LogP contribution in [0, 0.1) is 0 Å². The van der Waals surface area contributed by atoms with Crippen molar-refractivity contribution < 1.29 is 4.74 Å². The standard InChI is InChI=1S/C13H23N3OS/c1-3-4-13-15-11(9-18-13)7-16-5-6-17-12(8-16)10(2)14/h9-10,12H,3-8,14H2,1-2H3. The van der Waals surface area contributed by atoms with Crippen LogP contribution in [0.1, 0.15) is 31.0 Å². The van der Waals surface area contributed by atoms with Crippen LogP contribution in [0.2, 0.25) is 0 Å². The lowest BCUT2D eigenvalue weighted by Gasteiger charge is -2.34.